The van der Waals surface area contributed by atoms with E-state index in [1.54, 1.807) is 0 Å². The van der Waals surface area contributed by atoms with Gasteiger partial charge in [-0.3, -0.25) is 4.79 Å². The molecule has 2 atom stereocenters. The molecule has 2 unspecified atom stereocenters. The van der Waals surface area contributed by atoms with E-state index in [4.69, 9.17) is 4.74 Å². The van der Waals surface area contributed by atoms with Crippen LogP contribution in [0.2, 0.25) is 0 Å². The second-order valence-corrected chi connectivity index (χ2v) is 6.14. The van der Waals surface area contributed by atoms with Crippen LogP contribution in [0.3, 0.4) is 0 Å². The molecule has 0 saturated heterocycles. The van der Waals surface area contributed by atoms with Crippen molar-refractivity contribution in [2.45, 2.75) is 52.5 Å². The summed E-state index contributed by atoms with van der Waals surface area (Å²) in [5, 5.41) is 3.09. The number of carbonyl (C=O) groups is 1. The Morgan fingerprint density at radius 2 is 2.11 bits per heavy atom. The largest absolute Gasteiger partial charge is 0.465 e. The van der Waals surface area contributed by atoms with E-state index in [1.165, 1.54) is 12.2 Å². The summed E-state index contributed by atoms with van der Waals surface area (Å²) in [7, 11) is 1.82. The number of ether oxygens (including phenoxy) is 1. The highest BCUT2D eigenvalue weighted by Gasteiger charge is 2.32. The summed E-state index contributed by atoms with van der Waals surface area (Å²) in [5.41, 5.74) is -0.535. The molecule has 0 aromatic heterocycles. The second kappa shape index (κ2) is 9.68. The Balaban J connectivity index is 3.89. The molecule has 0 rings (SSSR count). The number of carbonyl (C=O) groups excluding carboxylic acids is 1. The molecule has 0 bridgehead atoms. The van der Waals surface area contributed by atoms with Gasteiger partial charge in [0, 0.05) is 0 Å². The molecular formula is C14H29NO2S. The van der Waals surface area contributed by atoms with Crippen LogP contribution in [0.25, 0.3) is 0 Å². The van der Waals surface area contributed by atoms with Gasteiger partial charge in [-0.1, -0.05) is 20.3 Å². The minimum absolute atomic E-state index is 0.139. The second-order valence-electron chi connectivity index (χ2n) is 4.99. The van der Waals surface area contributed by atoms with Gasteiger partial charge in [-0.2, -0.15) is 11.8 Å². The molecule has 0 amide bonds. The highest BCUT2D eigenvalue weighted by atomic mass is 32.2. The summed E-state index contributed by atoms with van der Waals surface area (Å²) >= 11 is 1.98. The predicted octanol–water partition coefficient (Wildman–Crippen LogP) is 3.09. The zero-order valence-electron chi connectivity index (χ0n) is 12.5. The summed E-state index contributed by atoms with van der Waals surface area (Å²) in [6, 6.07) is 0. The van der Waals surface area contributed by atoms with Crippen molar-refractivity contribution in [3.05, 3.63) is 0 Å². The summed E-state index contributed by atoms with van der Waals surface area (Å²) in [6.45, 7) is 8.71. The molecule has 0 saturated carbocycles. The number of likely N-dealkylation sites (N-methyl/N-ethyl adjacent to an activating group) is 1. The Hall–Kier alpha value is -0.220. The number of hydrogen-bond acceptors (Lipinski definition) is 4. The molecule has 0 radical (unpaired) electrons. The van der Waals surface area contributed by atoms with Crippen LogP contribution in [0.5, 0.6) is 0 Å². The van der Waals surface area contributed by atoms with Crippen LogP contribution in [-0.4, -0.2) is 36.7 Å². The van der Waals surface area contributed by atoms with Crippen LogP contribution in [0, 0.1) is 5.92 Å². The number of hydrogen-bond donors (Lipinski definition) is 1. The van der Waals surface area contributed by atoms with E-state index in [0.717, 1.165) is 24.5 Å². The Morgan fingerprint density at radius 1 is 1.44 bits per heavy atom. The number of nitrogens with one attached hydrogen (secondary N) is 1. The molecule has 3 nitrogen and oxygen atoms in total. The smallest absolute Gasteiger partial charge is 0.326 e. The molecule has 0 aromatic carbocycles. The maximum Gasteiger partial charge on any atom is 0.326 e. The van der Waals surface area contributed by atoms with Crippen molar-refractivity contribution in [1.82, 2.24) is 5.32 Å². The van der Waals surface area contributed by atoms with Crippen molar-refractivity contribution < 1.29 is 9.53 Å². The van der Waals surface area contributed by atoms with E-state index in [-0.39, 0.29) is 5.97 Å². The van der Waals surface area contributed by atoms with E-state index in [2.05, 4.69) is 19.2 Å². The highest BCUT2D eigenvalue weighted by molar-refractivity contribution is 7.99. The molecule has 108 valence electrons. The van der Waals surface area contributed by atoms with Gasteiger partial charge in [-0.25, -0.2) is 0 Å². The maximum absolute atomic E-state index is 11.8. The van der Waals surface area contributed by atoms with Crippen molar-refractivity contribution in [2.75, 3.05) is 25.2 Å². The van der Waals surface area contributed by atoms with Gasteiger partial charge in [-0.05, 0) is 51.2 Å². The van der Waals surface area contributed by atoms with Gasteiger partial charge in [0.05, 0.1) is 6.61 Å². The summed E-state index contributed by atoms with van der Waals surface area (Å²) in [6.07, 6.45) is 3.11. The zero-order valence-corrected chi connectivity index (χ0v) is 13.4. The zero-order chi connectivity index (χ0) is 14.0. The van der Waals surface area contributed by atoms with Crippen LogP contribution in [0.4, 0.5) is 0 Å². The van der Waals surface area contributed by atoms with Gasteiger partial charge in [0.1, 0.15) is 5.54 Å². The predicted molar refractivity (Wildman–Crippen MR) is 80.1 cm³/mol. The number of esters is 1. The highest BCUT2D eigenvalue weighted by Crippen LogP contribution is 2.18. The summed E-state index contributed by atoms with van der Waals surface area (Å²) < 4.78 is 5.10. The fourth-order valence-electron chi connectivity index (χ4n) is 1.55. The average Bonchev–Trinajstić information content (AvgIpc) is 2.37. The molecule has 0 spiro atoms. The molecule has 4 heteroatoms. The molecule has 0 heterocycles. The quantitative estimate of drug-likeness (QED) is 0.491. The van der Waals surface area contributed by atoms with Gasteiger partial charge in [0.2, 0.25) is 0 Å². The van der Waals surface area contributed by atoms with Gasteiger partial charge < -0.3 is 10.1 Å². The molecule has 18 heavy (non-hydrogen) atoms. The van der Waals surface area contributed by atoms with E-state index < -0.39 is 5.54 Å². The Bertz CT molecular complexity index is 236. The van der Waals surface area contributed by atoms with Gasteiger partial charge in [0.15, 0.2) is 0 Å². The normalized spacial score (nSPS) is 16.1. The minimum Gasteiger partial charge on any atom is -0.465 e. The molecule has 1 N–H and O–H groups in total. The fraction of sp³-hybridized carbons (Fsp3) is 0.929. The first-order chi connectivity index (χ1) is 8.50. The minimum atomic E-state index is -0.535. The maximum atomic E-state index is 11.8. The lowest BCUT2D eigenvalue weighted by Gasteiger charge is -2.26. The van der Waals surface area contributed by atoms with Crippen LogP contribution < -0.4 is 5.32 Å². The van der Waals surface area contributed by atoms with Crippen molar-refractivity contribution in [2.24, 2.45) is 5.92 Å². The molecule has 0 aromatic rings. The van der Waals surface area contributed by atoms with E-state index in [9.17, 15) is 4.79 Å². The Labute approximate surface area is 116 Å². The van der Waals surface area contributed by atoms with Crippen molar-refractivity contribution in [1.29, 1.82) is 0 Å². The standard InChI is InChI=1S/C14H29NO2S/c1-6-12(3)11-18-10-8-9-14(4,15-5)13(16)17-7-2/h12,15H,6-11H2,1-5H3. The third-order valence-corrected chi connectivity index (χ3v) is 4.72. The van der Waals surface area contributed by atoms with Crippen molar-refractivity contribution >= 4 is 17.7 Å². The number of rotatable bonds is 10. The first kappa shape index (κ1) is 17.8. The lowest BCUT2D eigenvalue weighted by Crippen LogP contribution is -2.48. The topological polar surface area (TPSA) is 38.3 Å². The van der Waals surface area contributed by atoms with Crippen LogP contribution in [0.15, 0.2) is 0 Å². The Morgan fingerprint density at radius 3 is 2.61 bits per heavy atom. The SMILES string of the molecule is CCOC(=O)C(C)(CCCSCC(C)CC)NC. The van der Waals surface area contributed by atoms with Gasteiger partial charge in [-0.15, -0.1) is 0 Å². The molecular weight excluding hydrogens is 246 g/mol. The third kappa shape index (κ3) is 6.64. The van der Waals surface area contributed by atoms with Crippen LogP contribution in [0.1, 0.15) is 47.0 Å². The Kier molecular flexibility index (Phi) is 9.56. The monoisotopic (exact) mass is 275 g/mol. The first-order valence-electron chi connectivity index (χ1n) is 6.94. The van der Waals surface area contributed by atoms with Gasteiger partial charge in [0.25, 0.3) is 0 Å². The average molecular weight is 275 g/mol. The van der Waals surface area contributed by atoms with Crippen molar-refractivity contribution in [3.63, 3.8) is 0 Å². The number of thioether (sulfide) groups is 1. The fourth-order valence-corrected chi connectivity index (χ4v) is 2.70. The summed E-state index contributed by atoms with van der Waals surface area (Å²) in [5.74, 6) is 2.97. The van der Waals surface area contributed by atoms with E-state index in [0.29, 0.717) is 6.61 Å². The molecule has 0 fully saturated rings. The van der Waals surface area contributed by atoms with Crippen LogP contribution >= 0.6 is 11.8 Å². The lowest BCUT2D eigenvalue weighted by molar-refractivity contribution is -0.150. The molecule has 0 aliphatic heterocycles. The lowest BCUT2D eigenvalue weighted by atomic mass is 9.97. The van der Waals surface area contributed by atoms with Gasteiger partial charge >= 0.3 is 5.97 Å². The third-order valence-electron chi connectivity index (χ3n) is 3.34. The molecule has 0 aliphatic carbocycles. The molecule has 0 aliphatic rings. The van der Waals surface area contributed by atoms with E-state index >= 15 is 0 Å². The first-order valence-corrected chi connectivity index (χ1v) is 8.09. The van der Waals surface area contributed by atoms with E-state index in [1.807, 2.05) is 32.7 Å². The van der Waals surface area contributed by atoms with Crippen molar-refractivity contribution in [3.8, 4) is 0 Å². The van der Waals surface area contributed by atoms with Crippen LogP contribution in [-0.2, 0) is 9.53 Å². The summed E-state index contributed by atoms with van der Waals surface area (Å²) in [4.78, 5) is 11.8.